The average Bonchev–Trinajstić information content (AvgIpc) is 2.76. The SMILES string of the molecule is Cc1ccc(COc2ccc(Br)cc2[C@@H]2C(C#N)=C(N)N(C)C3=C2C(=O)CCC3)cc1. The van der Waals surface area contributed by atoms with Crippen LogP contribution in [-0.2, 0) is 11.4 Å². The molecule has 1 aliphatic carbocycles. The highest BCUT2D eigenvalue weighted by atomic mass is 79.9. The molecule has 0 saturated carbocycles. The van der Waals surface area contributed by atoms with Crippen molar-refractivity contribution < 1.29 is 9.53 Å². The Kier molecular flexibility index (Phi) is 5.88. The highest BCUT2D eigenvalue weighted by Crippen LogP contribution is 2.47. The predicted molar refractivity (Wildman–Crippen MR) is 123 cm³/mol. The zero-order valence-electron chi connectivity index (χ0n) is 17.6. The lowest BCUT2D eigenvalue weighted by Gasteiger charge is -2.38. The van der Waals surface area contributed by atoms with E-state index in [9.17, 15) is 10.1 Å². The van der Waals surface area contributed by atoms with Gasteiger partial charge in [-0.15, -0.1) is 0 Å². The molecule has 2 aromatic rings. The number of ketones is 1. The van der Waals surface area contributed by atoms with Crippen molar-refractivity contribution in [1.82, 2.24) is 4.90 Å². The van der Waals surface area contributed by atoms with Gasteiger partial charge in [-0.05, 0) is 43.5 Å². The van der Waals surface area contributed by atoms with Crippen LogP contribution >= 0.6 is 15.9 Å². The molecule has 0 bridgehead atoms. The quantitative estimate of drug-likeness (QED) is 0.664. The number of benzene rings is 2. The van der Waals surface area contributed by atoms with E-state index in [0.717, 1.165) is 34.1 Å². The van der Waals surface area contributed by atoms with Crippen LogP contribution in [0.2, 0.25) is 0 Å². The molecule has 0 saturated heterocycles. The number of Topliss-reactive ketones (excluding diaryl/α,β-unsaturated/α-hetero) is 1. The molecule has 0 radical (unpaired) electrons. The largest absolute Gasteiger partial charge is 0.489 e. The van der Waals surface area contributed by atoms with Gasteiger partial charge in [-0.2, -0.15) is 5.26 Å². The monoisotopic (exact) mass is 477 g/mol. The van der Waals surface area contributed by atoms with E-state index in [0.29, 0.717) is 35.7 Å². The number of hydrogen-bond donors (Lipinski definition) is 1. The molecule has 6 heteroatoms. The molecule has 0 spiro atoms. The summed E-state index contributed by atoms with van der Waals surface area (Å²) in [5.41, 5.74) is 11.3. The highest BCUT2D eigenvalue weighted by molar-refractivity contribution is 9.10. The third kappa shape index (κ3) is 3.98. The molecule has 158 valence electrons. The van der Waals surface area contributed by atoms with Crippen molar-refractivity contribution in [2.24, 2.45) is 5.73 Å². The average molecular weight is 478 g/mol. The first-order valence-corrected chi connectivity index (χ1v) is 11.1. The van der Waals surface area contributed by atoms with E-state index in [-0.39, 0.29) is 5.78 Å². The first-order valence-electron chi connectivity index (χ1n) is 10.3. The topological polar surface area (TPSA) is 79.3 Å². The lowest BCUT2D eigenvalue weighted by atomic mass is 9.75. The molecule has 31 heavy (non-hydrogen) atoms. The Balaban J connectivity index is 1.80. The molecular formula is C25H24BrN3O2. The van der Waals surface area contributed by atoms with Crippen LogP contribution in [0.5, 0.6) is 5.75 Å². The van der Waals surface area contributed by atoms with E-state index >= 15 is 0 Å². The number of aryl methyl sites for hydroxylation is 1. The molecule has 1 aliphatic heterocycles. The van der Waals surface area contributed by atoms with Crippen LogP contribution in [0.3, 0.4) is 0 Å². The van der Waals surface area contributed by atoms with Gasteiger partial charge in [-0.3, -0.25) is 4.79 Å². The summed E-state index contributed by atoms with van der Waals surface area (Å²) >= 11 is 3.54. The summed E-state index contributed by atoms with van der Waals surface area (Å²) in [7, 11) is 1.83. The molecule has 2 N–H and O–H groups in total. The van der Waals surface area contributed by atoms with E-state index in [1.54, 1.807) is 4.90 Å². The number of hydrogen-bond acceptors (Lipinski definition) is 5. The first-order chi connectivity index (χ1) is 14.9. The normalized spacial score (nSPS) is 18.7. The standard InChI is InChI=1S/C25H24BrN3O2/c1-15-6-8-16(9-7-15)14-31-22-11-10-17(26)12-18(22)23-19(13-27)25(28)29(2)20-4-3-5-21(30)24(20)23/h6-12,23H,3-5,14,28H2,1-2H3/t23-/m1/s1. The smallest absolute Gasteiger partial charge is 0.161 e. The Morgan fingerprint density at radius 1 is 1.23 bits per heavy atom. The Bertz CT molecular complexity index is 1140. The summed E-state index contributed by atoms with van der Waals surface area (Å²) < 4.78 is 7.05. The van der Waals surface area contributed by atoms with E-state index < -0.39 is 5.92 Å². The molecule has 0 amide bonds. The van der Waals surface area contributed by atoms with E-state index in [2.05, 4.69) is 22.0 Å². The van der Waals surface area contributed by atoms with Gasteiger partial charge in [0.25, 0.3) is 0 Å². The van der Waals surface area contributed by atoms with Crippen molar-refractivity contribution in [3.05, 3.63) is 86.3 Å². The summed E-state index contributed by atoms with van der Waals surface area (Å²) in [6.45, 7) is 2.44. The van der Waals surface area contributed by atoms with Crippen LogP contribution < -0.4 is 10.5 Å². The minimum atomic E-state index is -0.533. The maximum Gasteiger partial charge on any atom is 0.161 e. The second-order valence-electron chi connectivity index (χ2n) is 8.00. The number of ether oxygens (including phenoxy) is 1. The summed E-state index contributed by atoms with van der Waals surface area (Å²) in [4.78, 5) is 14.8. The molecule has 5 nitrogen and oxygen atoms in total. The number of halogens is 1. The Hall–Kier alpha value is -3.04. The molecule has 1 atom stereocenters. The van der Waals surface area contributed by atoms with Gasteiger partial charge in [0.2, 0.25) is 0 Å². The summed E-state index contributed by atoms with van der Waals surface area (Å²) in [6, 6.07) is 16.1. The van der Waals surface area contributed by atoms with E-state index in [4.69, 9.17) is 10.5 Å². The molecule has 4 rings (SSSR count). The van der Waals surface area contributed by atoms with Crippen molar-refractivity contribution in [2.45, 2.75) is 38.7 Å². The third-order valence-electron chi connectivity index (χ3n) is 5.97. The lowest BCUT2D eigenvalue weighted by Crippen LogP contribution is -2.36. The zero-order valence-corrected chi connectivity index (χ0v) is 19.2. The van der Waals surface area contributed by atoms with Gasteiger partial charge in [0.15, 0.2) is 5.78 Å². The van der Waals surface area contributed by atoms with Crippen LogP contribution in [-0.4, -0.2) is 17.7 Å². The number of rotatable bonds is 4. The van der Waals surface area contributed by atoms with Crippen molar-refractivity contribution in [3.63, 3.8) is 0 Å². The Labute approximate surface area is 190 Å². The molecule has 0 unspecified atom stereocenters. The summed E-state index contributed by atoms with van der Waals surface area (Å²) in [5, 5.41) is 9.98. The fourth-order valence-electron chi connectivity index (χ4n) is 4.30. The van der Waals surface area contributed by atoms with Crippen molar-refractivity contribution >= 4 is 21.7 Å². The molecule has 2 aromatic carbocycles. The van der Waals surface area contributed by atoms with Gasteiger partial charge in [-0.25, -0.2) is 0 Å². The minimum absolute atomic E-state index is 0.0720. The Morgan fingerprint density at radius 3 is 2.68 bits per heavy atom. The van der Waals surface area contributed by atoms with E-state index in [1.807, 2.05) is 56.4 Å². The lowest BCUT2D eigenvalue weighted by molar-refractivity contribution is -0.116. The molecule has 2 aliphatic rings. The minimum Gasteiger partial charge on any atom is -0.489 e. The van der Waals surface area contributed by atoms with Crippen LogP contribution in [0, 0.1) is 18.3 Å². The number of carbonyl (C=O) groups is 1. The van der Waals surface area contributed by atoms with E-state index in [1.165, 1.54) is 5.56 Å². The maximum atomic E-state index is 13.0. The fraction of sp³-hybridized carbons (Fsp3) is 0.280. The van der Waals surface area contributed by atoms with Gasteiger partial charge in [0.05, 0.1) is 17.6 Å². The molecule has 0 aromatic heterocycles. The van der Waals surface area contributed by atoms with Crippen LogP contribution in [0.25, 0.3) is 0 Å². The van der Waals surface area contributed by atoms with Crippen molar-refractivity contribution in [1.29, 1.82) is 5.26 Å². The first kappa shape index (κ1) is 21.2. The molecule has 0 fully saturated rings. The highest BCUT2D eigenvalue weighted by Gasteiger charge is 2.39. The number of nitrogens with two attached hydrogens (primary N) is 1. The van der Waals surface area contributed by atoms with Crippen LogP contribution in [0.1, 0.15) is 41.9 Å². The van der Waals surface area contributed by atoms with Gasteiger partial charge >= 0.3 is 0 Å². The fourth-order valence-corrected chi connectivity index (χ4v) is 4.67. The predicted octanol–water partition coefficient (Wildman–Crippen LogP) is 5.07. The summed E-state index contributed by atoms with van der Waals surface area (Å²) in [6.07, 6.45) is 2.04. The second-order valence-corrected chi connectivity index (χ2v) is 8.91. The third-order valence-corrected chi connectivity index (χ3v) is 6.46. The Morgan fingerprint density at radius 2 is 1.97 bits per heavy atom. The summed E-state index contributed by atoms with van der Waals surface area (Å²) in [5.74, 6) is 0.576. The molecule has 1 heterocycles. The van der Waals surface area contributed by atoms with Crippen LogP contribution in [0.15, 0.2) is 69.6 Å². The van der Waals surface area contributed by atoms with Crippen molar-refractivity contribution in [2.75, 3.05) is 7.05 Å². The van der Waals surface area contributed by atoms with Gasteiger partial charge in [0.1, 0.15) is 18.2 Å². The van der Waals surface area contributed by atoms with Gasteiger partial charge in [-0.1, -0.05) is 45.8 Å². The number of allylic oxidation sites excluding steroid dienone is 3. The van der Waals surface area contributed by atoms with Gasteiger partial charge in [0, 0.05) is 34.8 Å². The van der Waals surface area contributed by atoms with Gasteiger partial charge < -0.3 is 15.4 Å². The number of carbonyl (C=O) groups excluding carboxylic acids is 1. The number of nitriles is 1. The zero-order chi connectivity index (χ0) is 22.1. The number of nitrogens with zero attached hydrogens (tertiary/aromatic N) is 2. The second kappa shape index (κ2) is 8.60. The van der Waals surface area contributed by atoms with Crippen LogP contribution in [0.4, 0.5) is 0 Å². The maximum absolute atomic E-state index is 13.0. The van der Waals surface area contributed by atoms with Crippen molar-refractivity contribution in [3.8, 4) is 11.8 Å². The molecular weight excluding hydrogens is 454 g/mol.